The van der Waals surface area contributed by atoms with Crippen molar-refractivity contribution >= 4 is 17.6 Å². The Hall–Kier alpha value is -1.22. The first-order chi connectivity index (χ1) is 7.26. The third-order valence-corrected chi connectivity index (χ3v) is 2.07. The van der Waals surface area contributed by atoms with Crippen LogP contribution < -0.4 is 9.47 Å². The number of methoxy groups -OCH3 is 1. The molecule has 1 aromatic rings. The van der Waals surface area contributed by atoms with E-state index in [-0.39, 0.29) is 5.97 Å². The van der Waals surface area contributed by atoms with E-state index in [9.17, 15) is 4.79 Å². The molecule has 1 aromatic carbocycles. The van der Waals surface area contributed by atoms with Gasteiger partial charge in [-0.3, -0.25) is 4.79 Å². The molecular formula is C11H13ClO3. The van der Waals surface area contributed by atoms with E-state index in [4.69, 9.17) is 21.1 Å². The molecule has 0 saturated carbocycles. The highest BCUT2D eigenvalue weighted by Gasteiger charge is 2.03. The first-order valence-corrected chi connectivity index (χ1v) is 5.20. The van der Waals surface area contributed by atoms with Crippen LogP contribution in [-0.2, 0) is 4.79 Å². The third kappa shape index (κ3) is 4.21. The molecule has 0 aliphatic rings. The van der Waals surface area contributed by atoms with Crippen molar-refractivity contribution in [2.75, 3.05) is 13.0 Å². The van der Waals surface area contributed by atoms with Crippen molar-refractivity contribution in [3.8, 4) is 11.5 Å². The van der Waals surface area contributed by atoms with Gasteiger partial charge in [0.2, 0.25) is 0 Å². The molecule has 0 spiro atoms. The predicted octanol–water partition coefficient (Wildman–Crippen LogP) is 2.62. The largest absolute Gasteiger partial charge is 0.497 e. The minimum Gasteiger partial charge on any atom is -0.497 e. The summed E-state index contributed by atoms with van der Waals surface area (Å²) >= 11 is 5.46. The van der Waals surface area contributed by atoms with Crippen LogP contribution in [0, 0.1) is 0 Å². The maximum atomic E-state index is 11.2. The number of halogens is 1. The number of ether oxygens (including phenoxy) is 2. The molecule has 15 heavy (non-hydrogen) atoms. The van der Waals surface area contributed by atoms with E-state index >= 15 is 0 Å². The van der Waals surface area contributed by atoms with Crippen LogP contribution in [0.4, 0.5) is 0 Å². The quantitative estimate of drug-likeness (QED) is 0.442. The van der Waals surface area contributed by atoms with Gasteiger partial charge in [-0.25, -0.2) is 0 Å². The number of benzene rings is 1. The molecule has 0 aliphatic carbocycles. The Balaban J connectivity index is 2.46. The molecule has 0 atom stereocenters. The summed E-state index contributed by atoms with van der Waals surface area (Å²) in [6.45, 7) is 0. The second-order valence-corrected chi connectivity index (χ2v) is 3.32. The van der Waals surface area contributed by atoms with E-state index in [0.29, 0.717) is 24.5 Å². The first kappa shape index (κ1) is 11.9. The summed E-state index contributed by atoms with van der Waals surface area (Å²) < 4.78 is 10.0. The number of hydrogen-bond acceptors (Lipinski definition) is 3. The minimum absolute atomic E-state index is 0.263. The van der Waals surface area contributed by atoms with Crippen LogP contribution in [0.25, 0.3) is 0 Å². The van der Waals surface area contributed by atoms with Crippen molar-refractivity contribution in [2.45, 2.75) is 12.8 Å². The number of rotatable bonds is 5. The number of carbonyl (C=O) groups excluding carboxylic acids is 1. The highest BCUT2D eigenvalue weighted by molar-refractivity contribution is 6.17. The second-order valence-electron chi connectivity index (χ2n) is 2.94. The van der Waals surface area contributed by atoms with Crippen molar-refractivity contribution in [3.63, 3.8) is 0 Å². The molecular weight excluding hydrogens is 216 g/mol. The van der Waals surface area contributed by atoms with E-state index in [1.54, 1.807) is 31.4 Å². The van der Waals surface area contributed by atoms with E-state index in [1.807, 2.05) is 0 Å². The average Bonchev–Trinajstić information content (AvgIpc) is 2.27. The third-order valence-electron chi connectivity index (χ3n) is 1.81. The Bertz CT molecular complexity index is 308. The molecule has 1 rings (SSSR count). The van der Waals surface area contributed by atoms with E-state index in [1.165, 1.54) is 0 Å². The van der Waals surface area contributed by atoms with Crippen LogP contribution in [0.5, 0.6) is 11.5 Å². The van der Waals surface area contributed by atoms with Crippen molar-refractivity contribution < 1.29 is 14.3 Å². The molecule has 0 saturated heterocycles. The molecule has 0 bridgehead atoms. The number of hydrogen-bond donors (Lipinski definition) is 0. The summed E-state index contributed by atoms with van der Waals surface area (Å²) in [5, 5.41) is 0. The Kier molecular flexibility index (Phi) is 4.98. The maximum absolute atomic E-state index is 11.2. The number of alkyl halides is 1. The lowest BCUT2D eigenvalue weighted by molar-refractivity contribution is -0.134. The van der Waals surface area contributed by atoms with Gasteiger partial charge in [0, 0.05) is 12.3 Å². The fourth-order valence-corrected chi connectivity index (χ4v) is 1.17. The molecule has 0 unspecified atom stereocenters. The molecule has 82 valence electrons. The monoisotopic (exact) mass is 228 g/mol. The van der Waals surface area contributed by atoms with Gasteiger partial charge in [0.25, 0.3) is 0 Å². The van der Waals surface area contributed by atoms with Crippen LogP contribution in [0.3, 0.4) is 0 Å². The highest BCUT2D eigenvalue weighted by atomic mass is 35.5. The molecule has 0 amide bonds. The predicted molar refractivity (Wildman–Crippen MR) is 58.6 cm³/mol. The van der Waals surface area contributed by atoms with Crippen LogP contribution in [-0.4, -0.2) is 19.0 Å². The van der Waals surface area contributed by atoms with Gasteiger partial charge in [0.05, 0.1) is 7.11 Å². The van der Waals surface area contributed by atoms with Crippen molar-refractivity contribution in [1.82, 2.24) is 0 Å². The molecule has 3 nitrogen and oxygen atoms in total. The van der Waals surface area contributed by atoms with E-state index < -0.39 is 0 Å². The zero-order chi connectivity index (χ0) is 11.1. The number of carbonyl (C=O) groups is 1. The van der Waals surface area contributed by atoms with Crippen molar-refractivity contribution in [3.05, 3.63) is 24.3 Å². The van der Waals surface area contributed by atoms with E-state index in [2.05, 4.69) is 0 Å². The van der Waals surface area contributed by atoms with Gasteiger partial charge in [-0.05, 0) is 30.7 Å². The molecule has 0 fully saturated rings. The fourth-order valence-electron chi connectivity index (χ4n) is 1.04. The topological polar surface area (TPSA) is 35.5 Å². The van der Waals surface area contributed by atoms with Crippen LogP contribution >= 0.6 is 11.6 Å². The van der Waals surface area contributed by atoms with Gasteiger partial charge in [-0.2, -0.15) is 0 Å². The first-order valence-electron chi connectivity index (χ1n) is 4.67. The van der Waals surface area contributed by atoms with Gasteiger partial charge in [-0.15, -0.1) is 11.6 Å². The average molecular weight is 229 g/mol. The summed E-state index contributed by atoms with van der Waals surface area (Å²) in [5.74, 6) is 1.46. The molecule has 0 radical (unpaired) electrons. The second kappa shape index (κ2) is 6.30. The Morgan fingerprint density at radius 1 is 1.27 bits per heavy atom. The zero-order valence-corrected chi connectivity index (χ0v) is 9.29. The Morgan fingerprint density at radius 2 is 1.87 bits per heavy atom. The van der Waals surface area contributed by atoms with Gasteiger partial charge in [0.15, 0.2) is 0 Å². The lowest BCUT2D eigenvalue weighted by atomic mass is 10.3. The van der Waals surface area contributed by atoms with Crippen LogP contribution in [0.2, 0.25) is 0 Å². The summed E-state index contributed by atoms with van der Waals surface area (Å²) in [6.07, 6.45) is 0.978. The SMILES string of the molecule is COc1ccc(OC(=O)CCCCl)cc1. The lowest BCUT2D eigenvalue weighted by Crippen LogP contribution is -2.07. The van der Waals surface area contributed by atoms with Crippen LogP contribution in [0.15, 0.2) is 24.3 Å². The van der Waals surface area contributed by atoms with Gasteiger partial charge < -0.3 is 9.47 Å². The molecule has 0 aliphatic heterocycles. The minimum atomic E-state index is -0.263. The molecule has 0 heterocycles. The molecule has 0 aromatic heterocycles. The van der Waals surface area contributed by atoms with Gasteiger partial charge in [0.1, 0.15) is 11.5 Å². The van der Waals surface area contributed by atoms with Crippen molar-refractivity contribution in [1.29, 1.82) is 0 Å². The van der Waals surface area contributed by atoms with E-state index in [0.717, 1.165) is 5.75 Å². The highest BCUT2D eigenvalue weighted by Crippen LogP contribution is 2.17. The number of esters is 1. The Labute approximate surface area is 93.9 Å². The fraction of sp³-hybridized carbons (Fsp3) is 0.364. The molecule has 0 N–H and O–H groups in total. The summed E-state index contributed by atoms with van der Waals surface area (Å²) in [5.41, 5.74) is 0. The van der Waals surface area contributed by atoms with Crippen LogP contribution in [0.1, 0.15) is 12.8 Å². The summed E-state index contributed by atoms with van der Waals surface area (Å²) in [4.78, 5) is 11.2. The normalized spacial score (nSPS) is 9.73. The molecule has 4 heteroatoms. The standard InChI is InChI=1S/C11H13ClO3/c1-14-9-4-6-10(7-5-9)15-11(13)3-2-8-12/h4-7H,2-3,8H2,1H3. The summed E-state index contributed by atoms with van der Waals surface area (Å²) in [6, 6.07) is 6.86. The smallest absolute Gasteiger partial charge is 0.311 e. The zero-order valence-electron chi connectivity index (χ0n) is 8.53. The van der Waals surface area contributed by atoms with Gasteiger partial charge >= 0.3 is 5.97 Å². The maximum Gasteiger partial charge on any atom is 0.311 e. The van der Waals surface area contributed by atoms with Crippen molar-refractivity contribution in [2.24, 2.45) is 0 Å². The van der Waals surface area contributed by atoms with Gasteiger partial charge in [-0.1, -0.05) is 0 Å². The summed E-state index contributed by atoms with van der Waals surface area (Å²) in [7, 11) is 1.58. The Morgan fingerprint density at radius 3 is 2.40 bits per heavy atom. The lowest BCUT2D eigenvalue weighted by Gasteiger charge is -2.04.